The zero-order chi connectivity index (χ0) is 13.0. The molecule has 18 heavy (non-hydrogen) atoms. The highest BCUT2D eigenvalue weighted by Gasteiger charge is 2.14. The molecule has 2 N–H and O–H groups in total. The van der Waals surface area contributed by atoms with E-state index in [1.54, 1.807) is 6.07 Å². The first kappa shape index (κ1) is 12.1. The van der Waals surface area contributed by atoms with E-state index in [1.807, 2.05) is 0 Å². The largest absolute Gasteiger partial charge is 0.392 e. The van der Waals surface area contributed by atoms with Gasteiger partial charge >= 0.3 is 0 Å². The Hall–Kier alpha value is -2.41. The van der Waals surface area contributed by atoms with Crippen LogP contribution in [0.25, 0.3) is 0 Å². The van der Waals surface area contributed by atoms with E-state index >= 15 is 0 Å². The van der Waals surface area contributed by atoms with E-state index in [0.29, 0.717) is 23.5 Å². The fourth-order valence-electron chi connectivity index (χ4n) is 1.50. The predicted molar refractivity (Wildman–Crippen MR) is 62.8 cm³/mol. The van der Waals surface area contributed by atoms with Gasteiger partial charge in [0.2, 0.25) is 0 Å². The molecule has 0 spiro atoms. The van der Waals surface area contributed by atoms with E-state index in [2.05, 4.69) is 15.0 Å². The van der Waals surface area contributed by atoms with Crippen molar-refractivity contribution in [3.8, 4) is 0 Å². The molecule has 1 aromatic heterocycles. The molecule has 7 heteroatoms. The van der Waals surface area contributed by atoms with Crippen molar-refractivity contribution in [2.24, 2.45) is 0 Å². The minimum Gasteiger partial charge on any atom is -0.392 e. The van der Waals surface area contributed by atoms with Crippen molar-refractivity contribution >= 4 is 11.4 Å². The maximum Gasteiger partial charge on any atom is 0.292 e. The molecule has 0 bridgehead atoms. The summed E-state index contributed by atoms with van der Waals surface area (Å²) in [5.74, 6) is 0. The van der Waals surface area contributed by atoms with Crippen molar-refractivity contribution in [1.29, 1.82) is 0 Å². The number of aromatic nitrogens is 1. The van der Waals surface area contributed by atoms with Gasteiger partial charge in [-0.2, -0.15) is 0 Å². The molecular formula is C11H11N3O4. The van der Waals surface area contributed by atoms with Crippen LogP contribution in [0.1, 0.15) is 11.3 Å². The zero-order valence-corrected chi connectivity index (χ0v) is 9.37. The lowest BCUT2D eigenvalue weighted by Crippen LogP contribution is -2.03. The summed E-state index contributed by atoms with van der Waals surface area (Å²) < 4.78 is 4.66. The van der Waals surface area contributed by atoms with Crippen LogP contribution >= 0.6 is 0 Å². The molecule has 0 atom stereocenters. The monoisotopic (exact) mass is 249 g/mol. The summed E-state index contributed by atoms with van der Waals surface area (Å²) in [6.07, 6.45) is 1.43. The number of nitro benzene ring substituents is 1. The molecule has 7 nitrogen and oxygen atoms in total. The van der Waals surface area contributed by atoms with Gasteiger partial charge in [0.15, 0.2) is 0 Å². The molecule has 0 fully saturated rings. The lowest BCUT2D eigenvalue weighted by atomic mass is 10.2. The second-order valence-electron chi connectivity index (χ2n) is 3.61. The first-order chi connectivity index (χ1) is 8.70. The minimum absolute atomic E-state index is 0.0457. The Morgan fingerprint density at radius 3 is 2.89 bits per heavy atom. The van der Waals surface area contributed by atoms with Crippen molar-refractivity contribution in [3.05, 3.63) is 51.9 Å². The van der Waals surface area contributed by atoms with E-state index in [4.69, 9.17) is 5.11 Å². The molecule has 0 unspecified atom stereocenters. The Kier molecular flexibility index (Phi) is 3.54. The molecule has 2 rings (SSSR count). The maximum absolute atomic E-state index is 10.9. The Labute approximate surface area is 102 Å². The molecule has 2 aromatic rings. The lowest BCUT2D eigenvalue weighted by Gasteiger charge is -2.06. The summed E-state index contributed by atoms with van der Waals surface area (Å²) in [5.41, 5.74) is 1.53. The van der Waals surface area contributed by atoms with E-state index in [1.165, 1.54) is 24.5 Å². The van der Waals surface area contributed by atoms with Crippen LogP contribution in [0.5, 0.6) is 0 Å². The summed E-state index contributed by atoms with van der Waals surface area (Å²) in [4.78, 5) is 10.4. The van der Waals surface area contributed by atoms with Gasteiger partial charge in [0.05, 0.1) is 18.1 Å². The molecular weight excluding hydrogens is 238 g/mol. The molecule has 0 aliphatic rings. The van der Waals surface area contributed by atoms with Gasteiger partial charge in [-0.05, 0) is 17.7 Å². The Morgan fingerprint density at radius 2 is 2.28 bits per heavy atom. The van der Waals surface area contributed by atoms with Crippen LogP contribution in [-0.2, 0) is 13.2 Å². The van der Waals surface area contributed by atoms with Crippen molar-refractivity contribution in [2.45, 2.75) is 13.2 Å². The molecule has 0 aliphatic carbocycles. The Bertz CT molecular complexity index is 539. The quantitative estimate of drug-likeness (QED) is 0.617. The van der Waals surface area contributed by atoms with Crippen molar-refractivity contribution < 1.29 is 14.6 Å². The third-order valence-electron chi connectivity index (χ3n) is 2.39. The summed E-state index contributed by atoms with van der Waals surface area (Å²) in [5, 5.41) is 26.5. The zero-order valence-electron chi connectivity index (χ0n) is 9.37. The minimum atomic E-state index is -0.480. The molecule has 0 radical (unpaired) electrons. The normalized spacial score (nSPS) is 10.3. The van der Waals surface area contributed by atoms with Crippen LogP contribution in [0.3, 0.4) is 0 Å². The highest BCUT2D eigenvalue weighted by atomic mass is 16.6. The molecule has 1 aromatic carbocycles. The number of anilines is 1. The van der Waals surface area contributed by atoms with Gasteiger partial charge in [-0.25, -0.2) is 0 Å². The van der Waals surface area contributed by atoms with Crippen LogP contribution in [0.4, 0.5) is 11.4 Å². The lowest BCUT2D eigenvalue weighted by molar-refractivity contribution is -0.384. The number of aliphatic hydroxyl groups excluding tert-OH is 1. The number of nitrogens with zero attached hydrogens (tertiary/aromatic N) is 2. The van der Waals surface area contributed by atoms with Crippen molar-refractivity contribution in [3.63, 3.8) is 0 Å². The second kappa shape index (κ2) is 5.28. The van der Waals surface area contributed by atoms with Crippen LogP contribution < -0.4 is 5.32 Å². The van der Waals surface area contributed by atoms with Gasteiger partial charge in [-0.1, -0.05) is 5.16 Å². The summed E-state index contributed by atoms with van der Waals surface area (Å²) in [6.45, 7) is 0.142. The van der Waals surface area contributed by atoms with Crippen LogP contribution in [0, 0.1) is 10.1 Å². The van der Waals surface area contributed by atoms with Gasteiger partial charge < -0.3 is 14.9 Å². The number of hydrogen-bond acceptors (Lipinski definition) is 6. The number of benzene rings is 1. The van der Waals surface area contributed by atoms with Crippen LogP contribution in [0.15, 0.2) is 35.1 Å². The first-order valence-electron chi connectivity index (χ1n) is 5.22. The molecule has 0 aliphatic heterocycles. The van der Waals surface area contributed by atoms with Crippen LogP contribution in [-0.4, -0.2) is 15.2 Å². The smallest absolute Gasteiger partial charge is 0.292 e. The van der Waals surface area contributed by atoms with Gasteiger partial charge in [0.1, 0.15) is 17.6 Å². The molecule has 0 saturated heterocycles. The van der Waals surface area contributed by atoms with Crippen molar-refractivity contribution in [2.75, 3.05) is 5.32 Å². The maximum atomic E-state index is 10.9. The third-order valence-corrected chi connectivity index (χ3v) is 2.39. The summed E-state index contributed by atoms with van der Waals surface area (Å²) >= 11 is 0. The number of rotatable bonds is 5. The predicted octanol–water partition coefficient (Wildman–Crippen LogP) is 1.69. The standard InChI is InChI=1S/C11H11N3O4/c15-7-8-1-2-11(14(16)17)10(5-8)12-6-9-3-4-18-13-9/h1-5,12,15H,6-7H2. The number of nitro groups is 1. The Balaban J connectivity index is 2.20. The van der Waals surface area contributed by atoms with Crippen LogP contribution in [0.2, 0.25) is 0 Å². The summed E-state index contributed by atoms with van der Waals surface area (Å²) in [6, 6.07) is 6.07. The van der Waals surface area contributed by atoms with Gasteiger partial charge in [-0.15, -0.1) is 0 Å². The van der Waals surface area contributed by atoms with Crippen molar-refractivity contribution in [1.82, 2.24) is 5.16 Å². The van der Waals surface area contributed by atoms with Gasteiger partial charge in [-0.3, -0.25) is 10.1 Å². The molecule has 94 valence electrons. The summed E-state index contributed by atoms with van der Waals surface area (Å²) in [7, 11) is 0. The Morgan fingerprint density at radius 1 is 1.44 bits per heavy atom. The highest BCUT2D eigenvalue weighted by Crippen LogP contribution is 2.25. The van der Waals surface area contributed by atoms with E-state index in [0.717, 1.165) is 0 Å². The van der Waals surface area contributed by atoms with Gasteiger partial charge in [0.25, 0.3) is 5.69 Å². The SMILES string of the molecule is O=[N+]([O-])c1ccc(CO)cc1NCc1ccon1. The molecule has 1 heterocycles. The average molecular weight is 249 g/mol. The van der Waals surface area contributed by atoms with Gasteiger partial charge in [0, 0.05) is 12.1 Å². The van der Waals surface area contributed by atoms with E-state index < -0.39 is 4.92 Å². The first-order valence-corrected chi connectivity index (χ1v) is 5.22. The topological polar surface area (TPSA) is 101 Å². The number of hydrogen-bond donors (Lipinski definition) is 2. The number of aliphatic hydroxyl groups is 1. The van der Waals surface area contributed by atoms with E-state index in [9.17, 15) is 10.1 Å². The molecule has 0 amide bonds. The third kappa shape index (κ3) is 2.64. The fourth-order valence-corrected chi connectivity index (χ4v) is 1.50. The average Bonchev–Trinajstić information content (AvgIpc) is 2.88. The fraction of sp³-hybridized carbons (Fsp3) is 0.182. The number of nitrogens with one attached hydrogen (secondary N) is 1. The second-order valence-corrected chi connectivity index (χ2v) is 3.61. The molecule has 0 saturated carbocycles. The highest BCUT2D eigenvalue weighted by molar-refractivity contribution is 5.62. The van der Waals surface area contributed by atoms with E-state index in [-0.39, 0.29) is 12.3 Å².